The van der Waals surface area contributed by atoms with Crippen LogP contribution in [0, 0.1) is 0 Å². The minimum atomic E-state index is -4.78. The Morgan fingerprint density at radius 1 is 1.11 bits per heavy atom. The predicted molar refractivity (Wildman–Crippen MR) is 172 cm³/mol. The van der Waals surface area contributed by atoms with E-state index < -0.39 is 12.4 Å². The summed E-state index contributed by atoms with van der Waals surface area (Å²) in [5.41, 5.74) is 4.11. The van der Waals surface area contributed by atoms with E-state index in [2.05, 4.69) is 41.1 Å². The molecule has 5 rings (SSSR count). The summed E-state index contributed by atoms with van der Waals surface area (Å²) >= 11 is 4.67. The monoisotopic (exact) mass is 701 g/mol. The van der Waals surface area contributed by atoms with Crippen LogP contribution in [0.25, 0.3) is 17.1 Å². The molecule has 1 aromatic heterocycles. The first-order chi connectivity index (χ1) is 21.3. The van der Waals surface area contributed by atoms with Gasteiger partial charge in [-0.3, -0.25) is 9.69 Å². The number of benzene rings is 3. The summed E-state index contributed by atoms with van der Waals surface area (Å²) in [6.45, 7) is 4.09. The molecule has 3 aromatic carbocycles. The molecule has 0 spiro atoms. The van der Waals surface area contributed by atoms with Crippen molar-refractivity contribution in [3.63, 3.8) is 0 Å². The minimum Gasteiger partial charge on any atom is -0.406 e. The number of ether oxygens (including phenoxy) is 1. The Kier molecular flexibility index (Phi) is 9.20. The average Bonchev–Trinajstić information content (AvgIpc) is 3.60. The lowest BCUT2D eigenvalue weighted by Crippen LogP contribution is -2.31. The van der Waals surface area contributed by atoms with Gasteiger partial charge in [0.05, 0.1) is 22.8 Å². The van der Waals surface area contributed by atoms with Gasteiger partial charge in [0.2, 0.25) is 5.91 Å². The molecule has 10 nitrogen and oxygen atoms in total. The molecule has 1 saturated heterocycles. The van der Waals surface area contributed by atoms with E-state index in [9.17, 15) is 22.8 Å². The zero-order chi connectivity index (χ0) is 32.5. The number of urea groups is 1. The van der Waals surface area contributed by atoms with Crippen LogP contribution in [0.3, 0.4) is 0 Å². The van der Waals surface area contributed by atoms with E-state index in [1.165, 1.54) is 51.9 Å². The number of anilines is 3. The largest absolute Gasteiger partial charge is 0.573 e. The number of thioether (sulfide) groups is 1. The molecule has 3 amide bonds. The van der Waals surface area contributed by atoms with Gasteiger partial charge in [-0.2, -0.15) is 4.99 Å². The molecule has 0 atom stereocenters. The molecule has 0 aliphatic carbocycles. The summed E-state index contributed by atoms with van der Waals surface area (Å²) < 4.78 is 43.2. The maximum absolute atomic E-state index is 13.0. The fourth-order valence-electron chi connectivity index (χ4n) is 4.48. The number of hydrogen-bond acceptors (Lipinski definition) is 7. The smallest absolute Gasteiger partial charge is 0.406 e. The summed E-state index contributed by atoms with van der Waals surface area (Å²) in [6.07, 6.45) is -3.35. The summed E-state index contributed by atoms with van der Waals surface area (Å²) in [6, 6.07) is 15.5. The summed E-state index contributed by atoms with van der Waals surface area (Å²) in [4.78, 5) is 38.0. The third-order valence-corrected chi connectivity index (χ3v) is 8.23. The van der Waals surface area contributed by atoms with E-state index >= 15 is 0 Å². The van der Waals surface area contributed by atoms with Crippen LogP contribution in [0.15, 0.2) is 76.5 Å². The second-order valence-electron chi connectivity index (χ2n) is 10.4. The van der Waals surface area contributed by atoms with Crippen LogP contribution in [0.1, 0.15) is 25.3 Å². The van der Waals surface area contributed by atoms with Gasteiger partial charge in [-0.05, 0) is 82.0 Å². The quantitative estimate of drug-likeness (QED) is 0.213. The average molecular weight is 703 g/mol. The van der Waals surface area contributed by atoms with E-state index in [4.69, 9.17) is 0 Å². The lowest BCUT2D eigenvalue weighted by Gasteiger charge is -2.24. The van der Waals surface area contributed by atoms with Crippen LogP contribution in [0.5, 0.6) is 5.75 Å². The van der Waals surface area contributed by atoms with Crippen LogP contribution < -0.4 is 19.9 Å². The number of aromatic nitrogens is 3. The van der Waals surface area contributed by atoms with Gasteiger partial charge in [-0.25, -0.2) is 14.5 Å². The molecule has 0 radical (unpaired) electrons. The Hall–Kier alpha value is -4.37. The van der Waals surface area contributed by atoms with Crippen LogP contribution >= 0.6 is 27.7 Å². The number of alkyl halides is 3. The highest BCUT2D eigenvalue weighted by Gasteiger charge is 2.33. The van der Waals surface area contributed by atoms with Crippen molar-refractivity contribution >= 4 is 61.9 Å². The number of aliphatic imine (C=N–C) groups is 1. The van der Waals surface area contributed by atoms with Crippen molar-refractivity contribution in [3.05, 3.63) is 77.0 Å². The number of rotatable bonds is 7. The van der Waals surface area contributed by atoms with Gasteiger partial charge >= 0.3 is 12.4 Å². The normalized spacial score (nSPS) is 14.4. The Balaban J connectivity index is 1.32. The van der Waals surface area contributed by atoms with Gasteiger partial charge in [-0.15, -0.1) is 18.3 Å². The van der Waals surface area contributed by atoms with Crippen molar-refractivity contribution in [1.29, 1.82) is 0 Å². The molecule has 1 N–H and O–H groups in total. The van der Waals surface area contributed by atoms with Crippen molar-refractivity contribution in [1.82, 2.24) is 14.8 Å². The fourth-order valence-corrected chi connectivity index (χ4v) is 5.82. The maximum Gasteiger partial charge on any atom is 0.573 e. The van der Waals surface area contributed by atoms with Crippen LogP contribution in [-0.2, 0) is 4.79 Å². The molecule has 0 saturated carbocycles. The summed E-state index contributed by atoms with van der Waals surface area (Å²) in [7, 11) is 3.83. The molecule has 0 bridgehead atoms. The van der Waals surface area contributed by atoms with Crippen molar-refractivity contribution in [2.45, 2.75) is 26.1 Å². The molecule has 45 heavy (non-hydrogen) atoms. The molecule has 1 fully saturated rings. The van der Waals surface area contributed by atoms with Gasteiger partial charge in [0.15, 0.2) is 11.0 Å². The molecule has 1 aliphatic heterocycles. The number of nitrogens with one attached hydrogen (secondary N) is 1. The van der Waals surface area contributed by atoms with E-state index in [1.807, 2.05) is 51.0 Å². The van der Waals surface area contributed by atoms with Crippen molar-refractivity contribution < 1.29 is 27.5 Å². The third-order valence-electron chi connectivity index (χ3n) is 6.65. The van der Waals surface area contributed by atoms with Gasteiger partial charge in [0, 0.05) is 29.8 Å². The van der Waals surface area contributed by atoms with Crippen molar-refractivity contribution in [2.75, 3.05) is 35.0 Å². The number of carbonyl (C=O) groups is 2. The van der Waals surface area contributed by atoms with E-state index in [-0.39, 0.29) is 28.5 Å². The second kappa shape index (κ2) is 12.9. The Bertz CT molecular complexity index is 1780. The zero-order valence-corrected chi connectivity index (χ0v) is 26.9. The van der Waals surface area contributed by atoms with Gasteiger partial charge < -0.3 is 15.0 Å². The van der Waals surface area contributed by atoms with Crippen LogP contribution in [0.2, 0.25) is 0 Å². The number of halogens is 4. The number of carbonyl (C=O) groups excluding carboxylic acids is 2. The van der Waals surface area contributed by atoms with Gasteiger partial charge in [0.1, 0.15) is 12.1 Å². The van der Waals surface area contributed by atoms with E-state index in [0.717, 1.165) is 11.3 Å². The first-order valence-corrected chi connectivity index (χ1v) is 15.3. The standard InChI is InChI=1S/C30H27BrF3N7O3S/c1-17(2)22-11-8-20(39(3)4)14-25(22)41-26(42)15-45-29(41)37-28(43)36-24-12-5-18(13-23(24)31)27-35-16-40(38-27)19-6-9-21(10-7-19)44-30(32,33)34/h5-14,16-17H,15H2,1-4H3,(H,36,43)/b37-29-. The lowest BCUT2D eigenvalue weighted by atomic mass is 9.99. The SMILES string of the molecule is CC(C)c1ccc(N(C)C)cc1N1C(=O)CS/C1=N\C(=O)Nc1ccc(-c2ncn(-c3ccc(OC(F)(F)F)cc3)n2)cc1Br. The van der Waals surface area contributed by atoms with E-state index in [1.54, 1.807) is 18.2 Å². The summed E-state index contributed by atoms with van der Waals surface area (Å²) in [5, 5.41) is 7.44. The second-order valence-corrected chi connectivity index (χ2v) is 12.2. The topological polar surface area (TPSA) is 105 Å². The number of amidine groups is 1. The highest BCUT2D eigenvalue weighted by molar-refractivity contribution is 9.10. The van der Waals surface area contributed by atoms with Crippen LogP contribution in [-0.4, -0.2) is 58.1 Å². The molecule has 0 unspecified atom stereocenters. The Morgan fingerprint density at radius 2 is 1.84 bits per heavy atom. The van der Waals surface area contributed by atoms with Gasteiger partial charge in [0.25, 0.3) is 0 Å². The van der Waals surface area contributed by atoms with Gasteiger partial charge in [-0.1, -0.05) is 31.7 Å². The number of nitrogens with zero attached hydrogens (tertiary/aromatic N) is 6. The van der Waals surface area contributed by atoms with Crippen molar-refractivity contribution in [2.24, 2.45) is 4.99 Å². The Morgan fingerprint density at radius 3 is 2.49 bits per heavy atom. The molecule has 4 aromatic rings. The first-order valence-electron chi connectivity index (χ1n) is 13.5. The number of amides is 3. The first kappa shape index (κ1) is 32.0. The molecule has 1 aliphatic rings. The molecular formula is C30H27BrF3N7O3S. The highest BCUT2D eigenvalue weighted by atomic mass is 79.9. The predicted octanol–water partition coefficient (Wildman–Crippen LogP) is 7.45. The Labute approximate surface area is 269 Å². The molecule has 2 heterocycles. The zero-order valence-electron chi connectivity index (χ0n) is 24.5. The molecule has 15 heteroatoms. The van der Waals surface area contributed by atoms with E-state index in [0.29, 0.717) is 32.9 Å². The molecular weight excluding hydrogens is 675 g/mol. The summed E-state index contributed by atoms with van der Waals surface area (Å²) in [5.74, 6) is 0.148. The minimum absolute atomic E-state index is 0.137. The third kappa shape index (κ3) is 7.48. The molecule has 234 valence electrons. The van der Waals surface area contributed by atoms with Crippen molar-refractivity contribution in [3.8, 4) is 22.8 Å². The fraction of sp³-hybridized carbons (Fsp3) is 0.233. The lowest BCUT2D eigenvalue weighted by molar-refractivity contribution is -0.274. The maximum atomic E-state index is 13.0. The number of hydrogen-bond donors (Lipinski definition) is 1. The highest BCUT2D eigenvalue weighted by Crippen LogP contribution is 2.36. The van der Waals surface area contributed by atoms with Crippen LogP contribution in [0.4, 0.5) is 35.0 Å².